The van der Waals surface area contributed by atoms with Gasteiger partial charge < -0.3 is 15.1 Å². The molecule has 0 aliphatic carbocycles. The predicted molar refractivity (Wildman–Crippen MR) is 78.3 cm³/mol. The Hall–Kier alpha value is -0.770. The van der Waals surface area contributed by atoms with Crippen LogP contribution >= 0.6 is 0 Å². The van der Waals surface area contributed by atoms with Crippen molar-refractivity contribution >= 4 is 6.03 Å². The fraction of sp³-hybridized carbons (Fsp3) is 0.933. The van der Waals surface area contributed by atoms with Gasteiger partial charge in [0, 0.05) is 19.6 Å². The number of hydrogen-bond acceptors (Lipinski definition) is 2. The van der Waals surface area contributed by atoms with Crippen LogP contribution in [0.2, 0.25) is 0 Å². The number of urea groups is 1. The molecule has 4 nitrogen and oxygen atoms in total. The zero-order valence-corrected chi connectivity index (χ0v) is 12.4. The van der Waals surface area contributed by atoms with Gasteiger partial charge in [-0.05, 0) is 64.1 Å². The second kappa shape index (κ2) is 7.73. The first-order valence-corrected chi connectivity index (χ1v) is 8.01. The quantitative estimate of drug-likeness (QED) is 0.776. The highest BCUT2D eigenvalue weighted by atomic mass is 16.2. The second-order valence-electron chi connectivity index (χ2n) is 6.16. The maximum absolute atomic E-state index is 11.9. The third-order valence-corrected chi connectivity index (χ3v) is 4.45. The van der Waals surface area contributed by atoms with Gasteiger partial charge >= 0.3 is 6.03 Å². The molecule has 2 heterocycles. The highest BCUT2D eigenvalue weighted by Crippen LogP contribution is 2.15. The van der Waals surface area contributed by atoms with Crippen LogP contribution < -0.4 is 5.32 Å². The molecule has 2 aliphatic heterocycles. The molecule has 0 spiro atoms. The summed E-state index contributed by atoms with van der Waals surface area (Å²) in [5.74, 6) is 0.782. The van der Waals surface area contributed by atoms with Crippen LogP contribution in [0.3, 0.4) is 0 Å². The molecule has 0 aromatic heterocycles. The molecule has 0 aromatic rings. The van der Waals surface area contributed by atoms with E-state index < -0.39 is 0 Å². The Labute approximate surface area is 117 Å². The van der Waals surface area contributed by atoms with Crippen LogP contribution in [0, 0.1) is 5.92 Å². The van der Waals surface area contributed by atoms with E-state index in [1.54, 1.807) is 0 Å². The van der Waals surface area contributed by atoms with Gasteiger partial charge in [0.2, 0.25) is 0 Å². The van der Waals surface area contributed by atoms with Crippen LogP contribution in [0.4, 0.5) is 4.79 Å². The third-order valence-electron chi connectivity index (χ3n) is 4.45. The summed E-state index contributed by atoms with van der Waals surface area (Å²) in [6, 6.07) is 0.146. The van der Waals surface area contributed by atoms with Gasteiger partial charge in [0.15, 0.2) is 0 Å². The van der Waals surface area contributed by atoms with Crippen molar-refractivity contribution in [1.29, 1.82) is 0 Å². The number of rotatable bonds is 5. The van der Waals surface area contributed by atoms with Crippen LogP contribution in [0.5, 0.6) is 0 Å². The van der Waals surface area contributed by atoms with Crippen molar-refractivity contribution < 1.29 is 4.79 Å². The molecule has 0 unspecified atom stereocenters. The number of carbonyl (C=O) groups is 1. The summed E-state index contributed by atoms with van der Waals surface area (Å²) in [6.07, 6.45) is 7.35. The molecule has 2 saturated heterocycles. The van der Waals surface area contributed by atoms with Crippen LogP contribution in [-0.2, 0) is 0 Å². The Kier molecular flexibility index (Phi) is 5.95. The minimum Gasteiger partial charge on any atom is -0.338 e. The lowest BCUT2D eigenvalue weighted by Crippen LogP contribution is -2.44. The summed E-state index contributed by atoms with van der Waals surface area (Å²) in [6.45, 7) is 8.72. The maximum Gasteiger partial charge on any atom is 0.317 e. The van der Waals surface area contributed by atoms with Crippen molar-refractivity contribution in [1.82, 2.24) is 15.1 Å². The Morgan fingerprint density at radius 1 is 1.11 bits per heavy atom. The molecule has 110 valence electrons. The molecular formula is C15H29N3O. The van der Waals surface area contributed by atoms with Crippen molar-refractivity contribution in [3.8, 4) is 0 Å². The van der Waals surface area contributed by atoms with E-state index in [4.69, 9.17) is 0 Å². The summed E-state index contributed by atoms with van der Waals surface area (Å²) in [5.41, 5.74) is 0. The molecule has 0 radical (unpaired) electrons. The second-order valence-corrected chi connectivity index (χ2v) is 6.16. The number of likely N-dealkylation sites (tertiary alicyclic amines) is 2. The molecule has 19 heavy (non-hydrogen) atoms. The highest BCUT2D eigenvalue weighted by Gasteiger charge is 2.19. The Bertz CT molecular complexity index is 269. The van der Waals surface area contributed by atoms with Gasteiger partial charge in [-0.3, -0.25) is 0 Å². The molecule has 2 amide bonds. The lowest BCUT2D eigenvalue weighted by Gasteiger charge is -2.30. The first kappa shape index (κ1) is 14.6. The highest BCUT2D eigenvalue weighted by molar-refractivity contribution is 5.74. The summed E-state index contributed by atoms with van der Waals surface area (Å²) in [7, 11) is 0. The van der Waals surface area contributed by atoms with Gasteiger partial charge in [-0.2, -0.15) is 0 Å². The van der Waals surface area contributed by atoms with E-state index in [9.17, 15) is 4.79 Å². The van der Waals surface area contributed by atoms with Crippen molar-refractivity contribution in [3.05, 3.63) is 0 Å². The van der Waals surface area contributed by atoms with Crippen LogP contribution in [0.1, 0.15) is 45.4 Å². The van der Waals surface area contributed by atoms with Crippen molar-refractivity contribution in [2.75, 3.05) is 39.3 Å². The Balaban J connectivity index is 1.49. The van der Waals surface area contributed by atoms with Crippen molar-refractivity contribution in [2.45, 2.75) is 45.4 Å². The van der Waals surface area contributed by atoms with Crippen LogP contribution in [0.25, 0.3) is 0 Å². The minimum absolute atomic E-state index is 0.146. The van der Waals surface area contributed by atoms with Gasteiger partial charge in [0.05, 0.1) is 0 Å². The molecule has 2 rings (SSSR count). The van der Waals surface area contributed by atoms with Crippen LogP contribution in [-0.4, -0.2) is 55.1 Å². The average molecular weight is 267 g/mol. The third kappa shape index (κ3) is 5.01. The van der Waals surface area contributed by atoms with E-state index >= 15 is 0 Å². The summed E-state index contributed by atoms with van der Waals surface area (Å²) < 4.78 is 0. The SMILES string of the molecule is CC1CCN(C(=O)NCCCCN2CCCC2)CC1. The van der Waals surface area contributed by atoms with E-state index in [0.29, 0.717) is 0 Å². The lowest BCUT2D eigenvalue weighted by molar-refractivity contribution is 0.174. The average Bonchev–Trinajstić information content (AvgIpc) is 2.92. The minimum atomic E-state index is 0.146. The molecule has 0 saturated carbocycles. The number of nitrogens with one attached hydrogen (secondary N) is 1. The number of unbranched alkanes of at least 4 members (excludes halogenated alkanes) is 1. The van der Waals surface area contributed by atoms with E-state index in [1.807, 2.05) is 4.90 Å². The predicted octanol–water partition coefficient (Wildman–Crippen LogP) is 2.30. The Morgan fingerprint density at radius 2 is 1.79 bits per heavy atom. The fourth-order valence-corrected chi connectivity index (χ4v) is 2.99. The van der Waals surface area contributed by atoms with E-state index in [2.05, 4.69) is 17.1 Å². The monoisotopic (exact) mass is 267 g/mol. The zero-order chi connectivity index (χ0) is 13.5. The fourth-order valence-electron chi connectivity index (χ4n) is 2.99. The maximum atomic E-state index is 11.9. The summed E-state index contributed by atoms with van der Waals surface area (Å²) >= 11 is 0. The standard InChI is InChI=1S/C15H29N3O/c1-14-6-12-18(13-7-14)15(19)16-8-2-3-9-17-10-4-5-11-17/h14H,2-13H2,1H3,(H,16,19). The number of carbonyl (C=O) groups excluding carboxylic acids is 1. The van der Waals surface area contributed by atoms with Gasteiger partial charge in [-0.1, -0.05) is 6.92 Å². The largest absolute Gasteiger partial charge is 0.338 e. The smallest absolute Gasteiger partial charge is 0.317 e. The first-order chi connectivity index (χ1) is 9.25. The zero-order valence-electron chi connectivity index (χ0n) is 12.4. The molecule has 4 heteroatoms. The van der Waals surface area contributed by atoms with Gasteiger partial charge in [-0.25, -0.2) is 4.79 Å². The molecule has 2 aliphatic rings. The molecule has 1 N–H and O–H groups in total. The number of amides is 2. The molecule has 0 atom stereocenters. The molecule has 2 fully saturated rings. The van der Waals surface area contributed by atoms with Gasteiger partial charge in [0.1, 0.15) is 0 Å². The Morgan fingerprint density at radius 3 is 2.47 bits per heavy atom. The van der Waals surface area contributed by atoms with Crippen molar-refractivity contribution in [2.24, 2.45) is 5.92 Å². The van der Waals surface area contributed by atoms with Gasteiger partial charge in [-0.15, -0.1) is 0 Å². The number of nitrogens with zero attached hydrogens (tertiary/aromatic N) is 2. The van der Waals surface area contributed by atoms with E-state index in [1.165, 1.54) is 38.9 Å². The van der Waals surface area contributed by atoms with Crippen LogP contribution in [0.15, 0.2) is 0 Å². The molecular weight excluding hydrogens is 238 g/mol. The first-order valence-electron chi connectivity index (χ1n) is 8.01. The van der Waals surface area contributed by atoms with Gasteiger partial charge in [0.25, 0.3) is 0 Å². The molecule has 0 bridgehead atoms. The molecule has 0 aromatic carbocycles. The normalized spacial score (nSPS) is 21.8. The number of hydrogen-bond donors (Lipinski definition) is 1. The summed E-state index contributed by atoms with van der Waals surface area (Å²) in [4.78, 5) is 16.4. The summed E-state index contributed by atoms with van der Waals surface area (Å²) in [5, 5.41) is 3.06. The number of piperidine rings is 1. The topological polar surface area (TPSA) is 35.6 Å². The van der Waals surface area contributed by atoms with Crippen molar-refractivity contribution in [3.63, 3.8) is 0 Å². The van der Waals surface area contributed by atoms with E-state index in [0.717, 1.165) is 44.8 Å². The lowest BCUT2D eigenvalue weighted by atomic mass is 10.00. The van der Waals surface area contributed by atoms with E-state index in [-0.39, 0.29) is 6.03 Å².